The Hall–Kier alpha value is -1.13. The van der Waals surface area contributed by atoms with Gasteiger partial charge in [0, 0.05) is 17.5 Å². The first-order valence-corrected chi connectivity index (χ1v) is 6.17. The van der Waals surface area contributed by atoms with E-state index < -0.39 is 0 Å². The van der Waals surface area contributed by atoms with Crippen molar-refractivity contribution in [2.24, 2.45) is 0 Å². The molecule has 1 N–H and O–H groups in total. The predicted molar refractivity (Wildman–Crippen MR) is 69.1 cm³/mol. The molecule has 0 aliphatic heterocycles. The molecule has 0 heterocycles. The normalized spacial score (nSPS) is 12.2. The monoisotopic (exact) mass is 273 g/mol. The highest BCUT2D eigenvalue weighted by atomic mass is 35.5. The maximum Gasteiger partial charge on any atom is 0.305 e. The third kappa shape index (κ3) is 4.63. The first kappa shape index (κ1) is 14.9. The van der Waals surface area contributed by atoms with E-state index in [1.807, 2.05) is 6.92 Å². The summed E-state index contributed by atoms with van der Waals surface area (Å²) < 4.78 is 17.4. The van der Waals surface area contributed by atoms with E-state index in [0.29, 0.717) is 24.4 Å². The van der Waals surface area contributed by atoms with E-state index in [0.717, 1.165) is 5.56 Å². The van der Waals surface area contributed by atoms with Crippen molar-refractivity contribution in [2.45, 2.75) is 25.8 Å². The van der Waals surface area contributed by atoms with Crippen LogP contribution in [0.15, 0.2) is 18.2 Å². The number of nitrogens with one attached hydrogen (secondary N) is 1. The molecule has 1 aromatic carbocycles. The number of hydrogen-bond acceptors (Lipinski definition) is 3. The van der Waals surface area contributed by atoms with Crippen LogP contribution in [0.4, 0.5) is 4.39 Å². The fraction of sp³-hybridized carbons (Fsp3) is 0.462. The molecule has 1 rings (SSSR count). The molecule has 3 nitrogen and oxygen atoms in total. The Balaban J connectivity index is 2.40. The first-order valence-electron chi connectivity index (χ1n) is 5.79. The fourth-order valence-corrected chi connectivity index (χ4v) is 1.95. The highest BCUT2D eigenvalue weighted by Crippen LogP contribution is 2.23. The van der Waals surface area contributed by atoms with Crippen LogP contribution in [0.1, 0.15) is 31.4 Å². The zero-order valence-electron chi connectivity index (χ0n) is 10.5. The number of rotatable bonds is 6. The van der Waals surface area contributed by atoms with Gasteiger partial charge >= 0.3 is 5.97 Å². The number of methoxy groups -OCH3 is 1. The number of esters is 1. The van der Waals surface area contributed by atoms with Gasteiger partial charge in [0.1, 0.15) is 5.82 Å². The Morgan fingerprint density at radius 2 is 2.28 bits per heavy atom. The molecule has 1 aromatic rings. The molecule has 0 saturated carbocycles. The number of carbonyl (C=O) groups is 1. The fourth-order valence-electron chi connectivity index (χ4n) is 1.62. The molecule has 18 heavy (non-hydrogen) atoms. The average molecular weight is 274 g/mol. The molecule has 0 spiro atoms. The van der Waals surface area contributed by atoms with Crippen LogP contribution in [-0.4, -0.2) is 19.6 Å². The number of carbonyl (C=O) groups excluding carboxylic acids is 1. The minimum Gasteiger partial charge on any atom is -0.469 e. The third-order valence-corrected chi connectivity index (χ3v) is 2.99. The van der Waals surface area contributed by atoms with Crippen molar-refractivity contribution in [3.05, 3.63) is 34.6 Å². The van der Waals surface area contributed by atoms with Crippen LogP contribution in [0.2, 0.25) is 5.02 Å². The summed E-state index contributed by atoms with van der Waals surface area (Å²) in [5.41, 5.74) is 0.844. The van der Waals surface area contributed by atoms with Crippen molar-refractivity contribution in [3.63, 3.8) is 0 Å². The van der Waals surface area contributed by atoms with E-state index in [1.54, 1.807) is 6.07 Å². The lowest BCUT2D eigenvalue weighted by Gasteiger charge is -2.15. The molecule has 0 aliphatic rings. The maximum absolute atomic E-state index is 12.9. The van der Waals surface area contributed by atoms with Gasteiger partial charge in [0.2, 0.25) is 0 Å². The van der Waals surface area contributed by atoms with Crippen LogP contribution in [0, 0.1) is 5.82 Å². The van der Waals surface area contributed by atoms with Crippen LogP contribution >= 0.6 is 11.6 Å². The lowest BCUT2D eigenvalue weighted by Crippen LogP contribution is -2.21. The first-order chi connectivity index (χ1) is 8.54. The number of ether oxygens (including phenoxy) is 1. The van der Waals surface area contributed by atoms with Crippen molar-refractivity contribution >= 4 is 17.6 Å². The van der Waals surface area contributed by atoms with Crippen LogP contribution < -0.4 is 5.32 Å². The molecule has 0 aromatic heterocycles. The van der Waals surface area contributed by atoms with E-state index in [2.05, 4.69) is 10.1 Å². The van der Waals surface area contributed by atoms with Gasteiger partial charge in [-0.15, -0.1) is 0 Å². The number of benzene rings is 1. The van der Waals surface area contributed by atoms with Crippen molar-refractivity contribution in [1.29, 1.82) is 0 Å². The van der Waals surface area contributed by atoms with Crippen LogP contribution in [0.25, 0.3) is 0 Å². The highest BCUT2D eigenvalue weighted by Gasteiger charge is 2.10. The molecule has 0 radical (unpaired) electrons. The molecule has 5 heteroatoms. The van der Waals surface area contributed by atoms with E-state index in [9.17, 15) is 9.18 Å². The molecule has 0 bridgehead atoms. The summed E-state index contributed by atoms with van der Waals surface area (Å²) in [6, 6.07) is 4.35. The van der Waals surface area contributed by atoms with E-state index in [-0.39, 0.29) is 17.8 Å². The lowest BCUT2D eigenvalue weighted by molar-refractivity contribution is -0.140. The summed E-state index contributed by atoms with van der Waals surface area (Å²) in [6.07, 6.45) is 1.07. The quantitative estimate of drug-likeness (QED) is 0.639. The van der Waals surface area contributed by atoms with Crippen molar-refractivity contribution in [3.8, 4) is 0 Å². The van der Waals surface area contributed by atoms with E-state index >= 15 is 0 Å². The Kier molecular flexibility index (Phi) is 6.09. The van der Waals surface area contributed by atoms with Gasteiger partial charge < -0.3 is 10.1 Å². The van der Waals surface area contributed by atoms with Gasteiger partial charge in [-0.05, 0) is 37.6 Å². The molecule has 1 unspecified atom stereocenters. The smallest absolute Gasteiger partial charge is 0.305 e. The molecule has 100 valence electrons. The van der Waals surface area contributed by atoms with Gasteiger partial charge in [0.15, 0.2) is 0 Å². The zero-order chi connectivity index (χ0) is 13.5. The van der Waals surface area contributed by atoms with Gasteiger partial charge in [-0.2, -0.15) is 0 Å². The topological polar surface area (TPSA) is 38.3 Å². The Morgan fingerprint density at radius 1 is 1.56 bits per heavy atom. The Morgan fingerprint density at radius 3 is 2.89 bits per heavy atom. The van der Waals surface area contributed by atoms with Crippen molar-refractivity contribution < 1.29 is 13.9 Å². The SMILES string of the molecule is COC(=O)CCCNC(C)c1ccc(F)cc1Cl. The lowest BCUT2D eigenvalue weighted by atomic mass is 10.1. The second kappa shape index (κ2) is 7.34. The second-order valence-corrected chi connectivity index (χ2v) is 4.43. The summed E-state index contributed by atoms with van der Waals surface area (Å²) in [6.45, 7) is 2.61. The van der Waals surface area contributed by atoms with Crippen LogP contribution in [0.3, 0.4) is 0 Å². The molecular formula is C13H17ClFNO2. The average Bonchev–Trinajstić information content (AvgIpc) is 2.34. The molecule has 1 atom stereocenters. The van der Waals surface area contributed by atoms with Gasteiger partial charge in [-0.3, -0.25) is 4.79 Å². The van der Waals surface area contributed by atoms with Gasteiger partial charge in [-0.1, -0.05) is 17.7 Å². The van der Waals surface area contributed by atoms with E-state index in [1.165, 1.54) is 19.2 Å². The Bertz CT molecular complexity index is 412. The summed E-state index contributed by atoms with van der Waals surface area (Å²) in [5.74, 6) is -0.564. The predicted octanol–water partition coefficient (Wildman–Crippen LogP) is 3.08. The molecule has 0 amide bonds. The molecular weight excluding hydrogens is 257 g/mol. The van der Waals surface area contributed by atoms with E-state index in [4.69, 9.17) is 11.6 Å². The van der Waals surface area contributed by atoms with Gasteiger partial charge in [-0.25, -0.2) is 4.39 Å². The van der Waals surface area contributed by atoms with Gasteiger partial charge in [0.25, 0.3) is 0 Å². The Labute approximate surface area is 111 Å². The maximum atomic E-state index is 12.9. The number of halogens is 2. The zero-order valence-corrected chi connectivity index (χ0v) is 11.3. The highest BCUT2D eigenvalue weighted by molar-refractivity contribution is 6.31. The van der Waals surface area contributed by atoms with Crippen molar-refractivity contribution in [2.75, 3.05) is 13.7 Å². The molecule has 0 fully saturated rings. The molecule has 0 aliphatic carbocycles. The summed E-state index contributed by atoms with van der Waals surface area (Å²) in [4.78, 5) is 10.9. The summed E-state index contributed by atoms with van der Waals surface area (Å²) in [7, 11) is 1.37. The second-order valence-electron chi connectivity index (χ2n) is 4.02. The molecule has 0 saturated heterocycles. The number of hydrogen-bond donors (Lipinski definition) is 1. The van der Waals surface area contributed by atoms with Crippen LogP contribution in [-0.2, 0) is 9.53 Å². The summed E-state index contributed by atoms with van der Waals surface area (Å²) >= 11 is 5.96. The standard InChI is InChI=1S/C13H17ClFNO2/c1-9(16-7-3-4-13(17)18-2)11-6-5-10(15)8-12(11)14/h5-6,8-9,16H,3-4,7H2,1-2H3. The largest absolute Gasteiger partial charge is 0.469 e. The third-order valence-electron chi connectivity index (χ3n) is 2.66. The minimum absolute atomic E-state index is 0.00995. The minimum atomic E-state index is -0.346. The summed E-state index contributed by atoms with van der Waals surface area (Å²) in [5, 5.41) is 3.63. The van der Waals surface area contributed by atoms with Gasteiger partial charge in [0.05, 0.1) is 7.11 Å². The van der Waals surface area contributed by atoms with Crippen LogP contribution in [0.5, 0.6) is 0 Å². The van der Waals surface area contributed by atoms with Crippen molar-refractivity contribution in [1.82, 2.24) is 5.32 Å².